The van der Waals surface area contributed by atoms with E-state index in [2.05, 4.69) is 0 Å². The van der Waals surface area contributed by atoms with Crippen LogP contribution in [0, 0.1) is 13.8 Å². The van der Waals surface area contributed by atoms with Crippen molar-refractivity contribution in [1.82, 2.24) is 4.31 Å². The first-order valence-electron chi connectivity index (χ1n) is 7.62. The number of hydrogen-bond donors (Lipinski definition) is 0. The number of rotatable bonds is 6. The van der Waals surface area contributed by atoms with Crippen LogP contribution in [-0.2, 0) is 14.8 Å². The molecular weight excluding hydrogens is 342 g/mol. The number of ether oxygens (including phenoxy) is 2. The highest BCUT2D eigenvalue weighted by molar-refractivity contribution is 7.89. The summed E-state index contributed by atoms with van der Waals surface area (Å²) in [6, 6.07) is 11.5. The number of carbonyl (C=O) groups excluding carboxylic acids is 1. The molecule has 0 N–H and O–H groups in total. The summed E-state index contributed by atoms with van der Waals surface area (Å²) in [5, 5.41) is 0. The summed E-state index contributed by atoms with van der Waals surface area (Å²) in [5.74, 6) is -0.0306. The molecule has 0 aromatic heterocycles. The van der Waals surface area contributed by atoms with Crippen molar-refractivity contribution < 1.29 is 22.7 Å². The third kappa shape index (κ3) is 4.58. The number of carbonyl (C=O) groups is 1. The topological polar surface area (TPSA) is 72.9 Å². The highest BCUT2D eigenvalue weighted by atomic mass is 32.2. The van der Waals surface area contributed by atoms with Crippen LogP contribution in [0.3, 0.4) is 0 Å². The number of aryl methyl sites for hydroxylation is 2. The summed E-state index contributed by atoms with van der Waals surface area (Å²) >= 11 is 0. The second-order valence-corrected chi connectivity index (χ2v) is 7.75. The number of methoxy groups -OCH3 is 1. The summed E-state index contributed by atoms with van der Waals surface area (Å²) in [4.78, 5) is 12.3. The highest BCUT2D eigenvalue weighted by Crippen LogP contribution is 2.28. The molecule has 0 aliphatic carbocycles. The Labute approximate surface area is 148 Å². The molecule has 0 amide bonds. The van der Waals surface area contributed by atoms with Gasteiger partial charge in [-0.05, 0) is 43.7 Å². The normalized spacial score (nSPS) is 11.4. The third-order valence-electron chi connectivity index (χ3n) is 3.62. The van der Waals surface area contributed by atoms with Crippen molar-refractivity contribution in [3.63, 3.8) is 0 Å². The molecule has 2 aromatic carbocycles. The number of likely N-dealkylation sites (N-methyl/N-ethyl adjacent to an activating group) is 1. The fourth-order valence-corrected chi connectivity index (χ4v) is 3.29. The van der Waals surface area contributed by atoms with Crippen LogP contribution in [0.2, 0.25) is 0 Å². The molecule has 6 nitrogen and oxygen atoms in total. The molecule has 0 aliphatic heterocycles. The van der Waals surface area contributed by atoms with Gasteiger partial charge in [0.1, 0.15) is 6.54 Å². The average molecular weight is 363 g/mol. The van der Waals surface area contributed by atoms with E-state index in [-0.39, 0.29) is 10.6 Å². The van der Waals surface area contributed by atoms with E-state index >= 15 is 0 Å². The molecule has 25 heavy (non-hydrogen) atoms. The number of nitrogens with zero attached hydrogens (tertiary/aromatic N) is 1. The zero-order chi connectivity index (χ0) is 18.6. The molecule has 0 saturated heterocycles. The standard InChI is InChI=1S/C18H21NO5S/c1-13-5-8-15(9-6-13)25(21,22)19(3)12-18(20)24-16-10-7-14(2)11-17(16)23-4/h5-11H,12H2,1-4H3. The second-order valence-electron chi connectivity index (χ2n) is 5.70. The van der Waals surface area contributed by atoms with E-state index < -0.39 is 22.5 Å². The van der Waals surface area contributed by atoms with Gasteiger partial charge in [-0.2, -0.15) is 4.31 Å². The van der Waals surface area contributed by atoms with Crippen LogP contribution >= 0.6 is 0 Å². The van der Waals surface area contributed by atoms with Gasteiger partial charge in [-0.15, -0.1) is 0 Å². The number of esters is 1. The van der Waals surface area contributed by atoms with Crippen molar-refractivity contribution in [2.75, 3.05) is 20.7 Å². The Bertz CT molecular complexity index is 860. The minimum absolute atomic E-state index is 0.126. The van der Waals surface area contributed by atoms with E-state index in [1.54, 1.807) is 30.3 Å². The van der Waals surface area contributed by atoms with Gasteiger partial charge in [0.2, 0.25) is 10.0 Å². The maximum absolute atomic E-state index is 12.5. The Kier molecular flexibility index (Phi) is 5.81. The number of hydrogen-bond acceptors (Lipinski definition) is 5. The molecular formula is C18H21NO5S. The van der Waals surface area contributed by atoms with Gasteiger partial charge in [-0.25, -0.2) is 8.42 Å². The summed E-state index contributed by atoms with van der Waals surface area (Å²) in [7, 11) is -0.956. The van der Waals surface area contributed by atoms with Crippen molar-refractivity contribution in [1.29, 1.82) is 0 Å². The molecule has 0 saturated carbocycles. The van der Waals surface area contributed by atoms with Crippen LogP contribution in [0.5, 0.6) is 11.5 Å². The maximum Gasteiger partial charge on any atom is 0.326 e. The lowest BCUT2D eigenvalue weighted by Gasteiger charge is -2.17. The zero-order valence-electron chi connectivity index (χ0n) is 14.6. The van der Waals surface area contributed by atoms with Crippen molar-refractivity contribution in [2.45, 2.75) is 18.7 Å². The smallest absolute Gasteiger partial charge is 0.326 e. The van der Waals surface area contributed by atoms with Crippen LogP contribution < -0.4 is 9.47 Å². The van der Waals surface area contributed by atoms with E-state index in [0.717, 1.165) is 15.4 Å². The lowest BCUT2D eigenvalue weighted by atomic mass is 10.2. The predicted molar refractivity (Wildman–Crippen MR) is 94.4 cm³/mol. The molecule has 0 bridgehead atoms. The van der Waals surface area contributed by atoms with Gasteiger partial charge in [0.25, 0.3) is 0 Å². The van der Waals surface area contributed by atoms with Crippen LogP contribution in [0.1, 0.15) is 11.1 Å². The summed E-state index contributed by atoms with van der Waals surface area (Å²) in [6.07, 6.45) is 0. The van der Waals surface area contributed by atoms with Gasteiger partial charge in [0, 0.05) is 7.05 Å². The van der Waals surface area contributed by atoms with Gasteiger partial charge in [-0.1, -0.05) is 23.8 Å². The number of sulfonamides is 1. The van der Waals surface area contributed by atoms with Crippen molar-refractivity contribution >= 4 is 16.0 Å². The Morgan fingerprint density at radius 1 is 1.00 bits per heavy atom. The first kappa shape index (κ1) is 19.0. The highest BCUT2D eigenvalue weighted by Gasteiger charge is 2.24. The Morgan fingerprint density at radius 2 is 1.60 bits per heavy atom. The molecule has 0 aliphatic rings. The van der Waals surface area contributed by atoms with E-state index in [1.807, 2.05) is 13.8 Å². The zero-order valence-corrected chi connectivity index (χ0v) is 15.5. The minimum atomic E-state index is -3.76. The molecule has 2 rings (SSSR count). The Hall–Kier alpha value is -2.38. The summed E-state index contributed by atoms with van der Waals surface area (Å²) in [5.41, 5.74) is 1.91. The van der Waals surface area contributed by atoms with Gasteiger partial charge in [0.15, 0.2) is 11.5 Å². The predicted octanol–water partition coefficient (Wildman–Crippen LogP) is 2.54. The van der Waals surface area contributed by atoms with Crippen LogP contribution in [0.25, 0.3) is 0 Å². The molecule has 0 spiro atoms. The third-order valence-corrected chi connectivity index (χ3v) is 5.44. The average Bonchev–Trinajstić information content (AvgIpc) is 2.56. The summed E-state index contributed by atoms with van der Waals surface area (Å²) in [6.45, 7) is 3.34. The lowest BCUT2D eigenvalue weighted by molar-refractivity contribution is -0.134. The molecule has 2 aromatic rings. The maximum atomic E-state index is 12.5. The lowest BCUT2D eigenvalue weighted by Crippen LogP contribution is -2.34. The van der Waals surface area contributed by atoms with Crippen LogP contribution in [0.15, 0.2) is 47.4 Å². The van der Waals surface area contributed by atoms with Crippen LogP contribution in [-0.4, -0.2) is 39.4 Å². The molecule has 0 heterocycles. The van der Waals surface area contributed by atoms with Gasteiger partial charge < -0.3 is 9.47 Å². The monoisotopic (exact) mass is 363 g/mol. The number of benzene rings is 2. The molecule has 0 atom stereocenters. The van der Waals surface area contributed by atoms with E-state index in [1.165, 1.54) is 26.3 Å². The van der Waals surface area contributed by atoms with E-state index in [0.29, 0.717) is 5.75 Å². The molecule has 0 fully saturated rings. The van der Waals surface area contributed by atoms with E-state index in [9.17, 15) is 13.2 Å². The minimum Gasteiger partial charge on any atom is -0.493 e. The fourth-order valence-electron chi connectivity index (χ4n) is 2.17. The van der Waals surface area contributed by atoms with Crippen molar-refractivity contribution in [3.8, 4) is 11.5 Å². The Morgan fingerprint density at radius 3 is 2.20 bits per heavy atom. The van der Waals surface area contributed by atoms with Gasteiger partial charge in [0.05, 0.1) is 12.0 Å². The second kappa shape index (κ2) is 7.67. The largest absolute Gasteiger partial charge is 0.493 e. The van der Waals surface area contributed by atoms with Crippen molar-refractivity contribution in [3.05, 3.63) is 53.6 Å². The van der Waals surface area contributed by atoms with Gasteiger partial charge >= 0.3 is 5.97 Å². The quantitative estimate of drug-likeness (QED) is 0.582. The Balaban J connectivity index is 2.11. The van der Waals surface area contributed by atoms with Crippen LogP contribution in [0.4, 0.5) is 0 Å². The molecule has 134 valence electrons. The fraction of sp³-hybridized carbons (Fsp3) is 0.278. The van der Waals surface area contributed by atoms with Crippen molar-refractivity contribution in [2.24, 2.45) is 0 Å². The molecule has 0 radical (unpaired) electrons. The first-order valence-corrected chi connectivity index (χ1v) is 9.06. The van der Waals surface area contributed by atoms with Gasteiger partial charge in [-0.3, -0.25) is 4.79 Å². The SMILES string of the molecule is COc1cc(C)ccc1OC(=O)CN(C)S(=O)(=O)c1ccc(C)cc1. The first-order chi connectivity index (χ1) is 11.7. The molecule has 7 heteroatoms. The summed E-state index contributed by atoms with van der Waals surface area (Å²) < 4.78 is 36.4. The van der Waals surface area contributed by atoms with E-state index in [4.69, 9.17) is 9.47 Å². The molecule has 0 unspecified atom stereocenters.